The number of aromatic nitrogens is 3. The molecule has 2 saturated heterocycles. The van der Waals surface area contributed by atoms with Crippen LogP contribution in [0.4, 0.5) is 0 Å². The summed E-state index contributed by atoms with van der Waals surface area (Å²) in [6.45, 7) is 6.26. The Morgan fingerprint density at radius 2 is 2.14 bits per heavy atom. The number of aliphatic imine (C=N–C) groups is 1. The molecule has 1 unspecified atom stereocenters. The fraction of sp³-hybridized carbons (Fsp3) is 0.667. The summed E-state index contributed by atoms with van der Waals surface area (Å²) in [6, 6.07) is 6.47. The number of hydrogen-bond donors (Lipinski definition) is 2. The second-order valence-corrected chi connectivity index (χ2v) is 8.10. The van der Waals surface area contributed by atoms with Crippen LogP contribution in [-0.2, 0) is 11.2 Å². The molecule has 2 aliphatic rings. The van der Waals surface area contributed by atoms with E-state index in [-0.39, 0.29) is 0 Å². The molecule has 0 aromatic carbocycles. The van der Waals surface area contributed by atoms with Crippen LogP contribution in [0.1, 0.15) is 31.5 Å². The summed E-state index contributed by atoms with van der Waals surface area (Å²) >= 11 is 0. The lowest BCUT2D eigenvalue weighted by molar-refractivity contribution is 0.150. The maximum Gasteiger partial charge on any atom is 0.191 e. The molecule has 1 atom stereocenters. The third kappa shape index (κ3) is 5.45. The number of ether oxygens (including phenoxy) is 1. The molecule has 2 fully saturated rings. The van der Waals surface area contributed by atoms with Crippen LogP contribution < -0.4 is 10.6 Å². The predicted octanol–water partition coefficient (Wildman–Crippen LogP) is 1.33. The van der Waals surface area contributed by atoms with Crippen molar-refractivity contribution in [2.45, 2.75) is 38.1 Å². The zero-order chi connectivity index (χ0) is 19.9. The van der Waals surface area contributed by atoms with Crippen molar-refractivity contribution in [3.8, 4) is 0 Å². The first-order valence-electron chi connectivity index (χ1n) is 10.9. The average molecular weight is 400 g/mol. The Bertz CT molecular complexity index is 791. The Hall–Kier alpha value is -2.19. The zero-order valence-electron chi connectivity index (χ0n) is 17.4. The summed E-state index contributed by atoms with van der Waals surface area (Å²) in [6.07, 6.45) is 7.45. The van der Waals surface area contributed by atoms with Gasteiger partial charge in [0.15, 0.2) is 11.6 Å². The van der Waals surface area contributed by atoms with E-state index in [1.54, 1.807) is 0 Å². The van der Waals surface area contributed by atoms with Gasteiger partial charge in [0, 0.05) is 58.5 Å². The van der Waals surface area contributed by atoms with Gasteiger partial charge in [0.25, 0.3) is 0 Å². The van der Waals surface area contributed by atoms with Crippen LogP contribution in [0, 0.1) is 5.92 Å². The maximum atomic E-state index is 5.51. The van der Waals surface area contributed by atoms with Crippen LogP contribution in [0.15, 0.2) is 29.4 Å². The van der Waals surface area contributed by atoms with Crippen LogP contribution in [-0.4, -0.2) is 77.9 Å². The highest BCUT2D eigenvalue weighted by molar-refractivity contribution is 5.79. The molecule has 0 saturated carbocycles. The normalized spacial score (nSPS) is 21.7. The third-order valence-electron chi connectivity index (χ3n) is 5.95. The molecule has 0 bridgehead atoms. The minimum atomic E-state index is 0.498. The van der Waals surface area contributed by atoms with Gasteiger partial charge in [-0.2, -0.15) is 0 Å². The number of nitrogens with one attached hydrogen (secondary N) is 2. The first-order valence-corrected chi connectivity index (χ1v) is 10.9. The molecule has 2 aliphatic heterocycles. The van der Waals surface area contributed by atoms with Crippen molar-refractivity contribution >= 4 is 11.6 Å². The lowest BCUT2D eigenvalue weighted by atomic mass is 10.0. The summed E-state index contributed by atoms with van der Waals surface area (Å²) in [7, 11) is 1.84. The molecule has 4 heterocycles. The highest BCUT2D eigenvalue weighted by atomic mass is 16.5. The minimum Gasteiger partial charge on any atom is -0.381 e. The van der Waals surface area contributed by atoms with E-state index in [2.05, 4.69) is 35.1 Å². The number of rotatable bonds is 7. The predicted molar refractivity (Wildman–Crippen MR) is 114 cm³/mol. The summed E-state index contributed by atoms with van der Waals surface area (Å²) in [5.74, 6) is 2.64. The molecule has 158 valence electrons. The van der Waals surface area contributed by atoms with Gasteiger partial charge < -0.3 is 20.3 Å². The van der Waals surface area contributed by atoms with Crippen LogP contribution in [0.25, 0.3) is 5.65 Å². The first kappa shape index (κ1) is 20.1. The lowest BCUT2D eigenvalue weighted by Crippen LogP contribution is -2.49. The molecule has 0 aliphatic carbocycles. The van der Waals surface area contributed by atoms with Crippen molar-refractivity contribution in [2.75, 3.05) is 46.4 Å². The van der Waals surface area contributed by atoms with Gasteiger partial charge in [-0.15, -0.1) is 10.2 Å². The highest BCUT2D eigenvalue weighted by Crippen LogP contribution is 2.17. The molecule has 2 aromatic rings. The summed E-state index contributed by atoms with van der Waals surface area (Å²) in [4.78, 5) is 6.99. The van der Waals surface area contributed by atoms with E-state index in [1.165, 1.54) is 25.8 Å². The summed E-state index contributed by atoms with van der Waals surface area (Å²) in [5, 5.41) is 15.6. The Morgan fingerprint density at radius 3 is 2.93 bits per heavy atom. The molecule has 4 rings (SSSR count). The maximum absolute atomic E-state index is 5.51. The minimum absolute atomic E-state index is 0.498. The number of pyridine rings is 1. The SMILES string of the molecule is CN=C(NCCCc1nnc2ccccn12)NC1CCN(CC2CCOC2)CC1. The van der Waals surface area contributed by atoms with Gasteiger partial charge in [0.1, 0.15) is 5.82 Å². The van der Waals surface area contributed by atoms with Gasteiger partial charge in [-0.1, -0.05) is 6.07 Å². The molecule has 0 amide bonds. The van der Waals surface area contributed by atoms with Crippen LogP contribution in [0.2, 0.25) is 0 Å². The van der Waals surface area contributed by atoms with E-state index in [9.17, 15) is 0 Å². The van der Waals surface area contributed by atoms with Gasteiger partial charge >= 0.3 is 0 Å². The van der Waals surface area contributed by atoms with Crippen molar-refractivity contribution in [1.82, 2.24) is 30.1 Å². The molecule has 2 N–H and O–H groups in total. The van der Waals surface area contributed by atoms with Gasteiger partial charge in [0.2, 0.25) is 0 Å². The van der Waals surface area contributed by atoms with Gasteiger partial charge in [0.05, 0.1) is 6.61 Å². The van der Waals surface area contributed by atoms with E-state index >= 15 is 0 Å². The van der Waals surface area contributed by atoms with Crippen LogP contribution in [0.5, 0.6) is 0 Å². The van der Waals surface area contributed by atoms with Gasteiger partial charge in [-0.25, -0.2) is 0 Å². The fourth-order valence-corrected chi connectivity index (χ4v) is 4.26. The van der Waals surface area contributed by atoms with E-state index in [0.717, 1.165) is 69.0 Å². The van der Waals surface area contributed by atoms with Crippen molar-refractivity contribution < 1.29 is 4.74 Å². The Labute approximate surface area is 172 Å². The second-order valence-electron chi connectivity index (χ2n) is 8.10. The Balaban J connectivity index is 1.14. The van der Waals surface area contributed by atoms with Gasteiger partial charge in [-0.05, 0) is 43.7 Å². The molecule has 0 radical (unpaired) electrons. The topological polar surface area (TPSA) is 79.1 Å². The number of fused-ring (bicyclic) bond motifs is 1. The quantitative estimate of drug-likeness (QED) is 0.415. The second kappa shape index (κ2) is 10.0. The van der Waals surface area contributed by atoms with Crippen molar-refractivity contribution in [1.29, 1.82) is 0 Å². The number of nitrogens with zero attached hydrogens (tertiary/aromatic N) is 5. The number of aryl methyl sites for hydroxylation is 1. The van der Waals surface area contributed by atoms with Crippen molar-refractivity contribution in [2.24, 2.45) is 10.9 Å². The fourth-order valence-electron chi connectivity index (χ4n) is 4.26. The van der Waals surface area contributed by atoms with E-state index in [0.29, 0.717) is 6.04 Å². The van der Waals surface area contributed by atoms with E-state index in [4.69, 9.17) is 4.74 Å². The van der Waals surface area contributed by atoms with Crippen molar-refractivity contribution in [3.63, 3.8) is 0 Å². The lowest BCUT2D eigenvalue weighted by Gasteiger charge is -2.34. The number of hydrogen-bond acceptors (Lipinski definition) is 5. The summed E-state index contributed by atoms with van der Waals surface area (Å²) in [5.41, 5.74) is 0.903. The molecule has 8 heteroatoms. The molecular formula is C21H33N7O. The number of guanidine groups is 1. The molecule has 29 heavy (non-hydrogen) atoms. The van der Waals surface area contributed by atoms with Gasteiger partial charge in [-0.3, -0.25) is 9.39 Å². The molecule has 2 aromatic heterocycles. The highest BCUT2D eigenvalue weighted by Gasteiger charge is 2.24. The zero-order valence-corrected chi connectivity index (χ0v) is 17.4. The largest absolute Gasteiger partial charge is 0.381 e. The first-order chi connectivity index (χ1) is 14.3. The van der Waals surface area contributed by atoms with E-state index in [1.807, 2.05) is 31.4 Å². The average Bonchev–Trinajstić information content (AvgIpc) is 3.41. The van der Waals surface area contributed by atoms with Crippen LogP contribution in [0.3, 0.4) is 0 Å². The Kier molecular flexibility index (Phi) is 6.95. The number of likely N-dealkylation sites (tertiary alicyclic amines) is 1. The van der Waals surface area contributed by atoms with E-state index < -0.39 is 0 Å². The van der Waals surface area contributed by atoms with Crippen molar-refractivity contribution in [3.05, 3.63) is 30.2 Å². The monoisotopic (exact) mass is 399 g/mol. The third-order valence-corrected chi connectivity index (χ3v) is 5.95. The smallest absolute Gasteiger partial charge is 0.191 e. The standard InChI is InChI=1S/C21H33N7O/c1-22-21(23-10-4-6-20-26-25-19-5-2-3-11-28(19)20)24-18-7-12-27(13-8-18)15-17-9-14-29-16-17/h2-3,5,11,17-18H,4,6-10,12-16H2,1H3,(H2,22,23,24). The molecular weight excluding hydrogens is 366 g/mol. The summed E-state index contributed by atoms with van der Waals surface area (Å²) < 4.78 is 7.56. The number of piperidine rings is 1. The molecule has 8 nitrogen and oxygen atoms in total. The molecule has 0 spiro atoms. The van der Waals surface area contributed by atoms with Crippen LogP contribution >= 0.6 is 0 Å². The Morgan fingerprint density at radius 1 is 1.24 bits per heavy atom.